The van der Waals surface area contributed by atoms with Gasteiger partial charge in [-0.2, -0.15) is 0 Å². The van der Waals surface area contributed by atoms with Gasteiger partial charge >= 0.3 is 5.97 Å². The molecule has 0 radical (unpaired) electrons. The SMILES string of the molecule is CCOC(=O)C(=NOC)C(C)=O. The highest BCUT2D eigenvalue weighted by atomic mass is 16.6. The van der Waals surface area contributed by atoms with E-state index in [-0.39, 0.29) is 12.3 Å². The number of oxime groups is 1. The number of Topliss-reactive ketones (excluding diaryl/α,β-unsaturated/α-hetero) is 1. The van der Waals surface area contributed by atoms with Crippen LogP contribution in [0, 0.1) is 0 Å². The Balaban J connectivity index is 4.41. The fourth-order valence-corrected chi connectivity index (χ4v) is 0.536. The lowest BCUT2D eigenvalue weighted by Crippen LogP contribution is -2.24. The van der Waals surface area contributed by atoms with Crippen LogP contribution in [0.15, 0.2) is 5.16 Å². The van der Waals surface area contributed by atoms with Gasteiger partial charge in [0.05, 0.1) is 6.61 Å². The molecule has 0 aliphatic carbocycles. The van der Waals surface area contributed by atoms with Crippen LogP contribution in [0.25, 0.3) is 0 Å². The molecule has 5 nitrogen and oxygen atoms in total. The first-order valence-electron chi connectivity index (χ1n) is 3.42. The minimum atomic E-state index is -0.758. The molecule has 0 heterocycles. The van der Waals surface area contributed by atoms with Gasteiger partial charge in [0.1, 0.15) is 7.11 Å². The normalized spacial score (nSPS) is 10.8. The first-order chi connectivity index (χ1) is 5.63. The van der Waals surface area contributed by atoms with E-state index >= 15 is 0 Å². The van der Waals surface area contributed by atoms with Crippen molar-refractivity contribution < 1.29 is 19.2 Å². The molecule has 0 fully saturated rings. The zero-order chi connectivity index (χ0) is 9.56. The van der Waals surface area contributed by atoms with Crippen LogP contribution >= 0.6 is 0 Å². The van der Waals surface area contributed by atoms with Crippen molar-refractivity contribution in [2.24, 2.45) is 5.16 Å². The van der Waals surface area contributed by atoms with E-state index in [1.165, 1.54) is 14.0 Å². The van der Waals surface area contributed by atoms with Crippen molar-refractivity contribution in [2.75, 3.05) is 13.7 Å². The average Bonchev–Trinajstić information content (AvgIpc) is 1.99. The summed E-state index contributed by atoms with van der Waals surface area (Å²) in [5, 5.41) is 3.23. The zero-order valence-electron chi connectivity index (χ0n) is 7.29. The molecule has 0 aromatic rings. The number of carbonyl (C=O) groups is 2. The smallest absolute Gasteiger partial charge is 0.364 e. The van der Waals surface area contributed by atoms with Crippen LogP contribution in [-0.4, -0.2) is 31.2 Å². The number of esters is 1. The highest BCUT2D eigenvalue weighted by Gasteiger charge is 2.18. The van der Waals surface area contributed by atoms with Gasteiger partial charge in [-0.25, -0.2) is 4.79 Å². The van der Waals surface area contributed by atoms with Crippen LogP contribution in [0.3, 0.4) is 0 Å². The number of ether oxygens (including phenoxy) is 1. The Labute approximate surface area is 70.3 Å². The molecule has 0 rings (SSSR count). The summed E-state index contributed by atoms with van der Waals surface area (Å²) in [4.78, 5) is 26.0. The highest BCUT2D eigenvalue weighted by Crippen LogP contribution is 1.88. The summed E-state index contributed by atoms with van der Waals surface area (Å²) in [7, 11) is 1.25. The van der Waals surface area contributed by atoms with Crippen LogP contribution < -0.4 is 0 Å². The van der Waals surface area contributed by atoms with Crippen LogP contribution in [0.5, 0.6) is 0 Å². The molecule has 5 heteroatoms. The van der Waals surface area contributed by atoms with Crippen molar-refractivity contribution in [1.82, 2.24) is 0 Å². The van der Waals surface area contributed by atoms with Gasteiger partial charge in [0.15, 0.2) is 5.78 Å². The number of ketones is 1. The van der Waals surface area contributed by atoms with E-state index in [1.807, 2.05) is 0 Å². The maximum absolute atomic E-state index is 10.9. The van der Waals surface area contributed by atoms with E-state index in [0.29, 0.717) is 0 Å². The lowest BCUT2D eigenvalue weighted by Gasteiger charge is -2.00. The van der Waals surface area contributed by atoms with E-state index in [0.717, 1.165) is 0 Å². The molecule has 68 valence electrons. The number of nitrogens with zero attached hydrogens (tertiary/aromatic N) is 1. The third-order valence-electron chi connectivity index (χ3n) is 0.985. The molecule has 0 bridgehead atoms. The Morgan fingerprint density at radius 1 is 1.42 bits per heavy atom. The summed E-state index contributed by atoms with van der Waals surface area (Å²) < 4.78 is 4.55. The zero-order valence-corrected chi connectivity index (χ0v) is 7.29. The maximum Gasteiger partial charge on any atom is 0.364 e. The van der Waals surface area contributed by atoms with Crippen molar-refractivity contribution >= 4 is 17.5 Å². The van der Waals surface area contributed by atoms with E-state index in [1.54, 1.807) is 6.92 Å². The Kier molecular flexibility index (Phi) is 4.67. The Bertz CT molecular complexity index is 209. The van der Waals surface area contributed by atoms with Crippen molar-refractivity contribution in [1.29, 1.82) is 0 Å². The van der Waals surface area contributed by atoms with Crippen molar-refractivity contribution in [2.45, 2.75) is 13.8 Å². The monoisotopic (exact) mass is 173 g/mol. The standard InChI is InChI=1S/C7H11NO4/c1-4-12-7(10)6(5(2)9)8-11-3/h4H2,1-3H3. The van der Waals surface area contributed by atoms with Gasteiger partial charge in [-0.15, -0.1) is 0 Å². The average molecular weight is 173 g/mol. The third-order valence-corrected chi connectivity index (χ3v) is 0.985. The summed E-state index contributed by atoms with van der Waals surface area (Å²) in [6, 6.07) is 0. The first-order valence-corrected chi connectivity index (χ1v) is 3.42. The lowest BCUT2D eigenvalue weighted by molar-refractivity contribution is -0.135. The number of hydrogen-bond acceptors (Lipinski definition) is 5. The highest BCUT2D eigenvalue weighted by molar-refractivity contribution is 6.63. The van der Waals surface area contributed by atoms with E-state index in [9.17, 15) is 9.59 Å². The molecular formula is C7H11NO4. The summed E-state index contributed by atoms with van der Waals surface area (Å²) >= 11 is 0. The number of carbonyl (C=O) groups excluding carboxylic acids is 2. The second-order valence-electron chi connectivity index (χ2n) is 1.90. The second-order valence-corrected chi connectivity index (χ2v) is 1.90. The van der Waals surface area contributed by atoms with Crippen molar-refractivity contribution in [3.8, 4) is 0 Å². The molecular weight excluding hydrogens is 162 g/mol. The van der Waals surface area contributed by atoms with Crippen molar-refractivity contribution in [3.63, 3.8) is 0 Å². The molecule has 0 aromatic carbocycles. The van der Waals surface area contributed by atoms with E-state index in [4.69, 9.17) is 0 Å². The molecule has 0 saturated carbocycles. The minimum Gasteiger partial charge on any atom is -0.461 e. The minimum absolute atomic E-state index is 0.203. The summed E-state index contributed by atoms with van der Waals surface area (Å²) in [6.07, 6.45) is 0. The van der Waals surface area contributed by atoms with Gasteiger partial charge in [0, 0.05) is 6.92 Å². The summed E-state index contributed by atoms with van der Waals surface area (Å²) in [5.41, 5.74) is -0.320. The van der Waals surface area contributed by atoms with E-state index < -0.39 is 11.8 Å². The second kappa shape index (κ2) is 5.29. The van der Waals surface area contributed by atoms with E-state index in [2.05, 4.69) is 14.7 Å². The van der Waals surface area contributed by atoms with Gasteiger partial charge in [-0.05, 0) is 6.92 Å². The molecule has 0 atom stereocenters. The van der Waals surface area contributed by atoms with Gasteiger partial charge in [0.2, 0.25) is 5.71 Å². The predicted octanol–water partition coefficient (Wildman–Crippen LogP) is 0.141. The fourth-order valence-electron chi connectivity index (χ4n) is 0.536. The number of hydrogen-bond donors (Lipinski definition) is 0. The Morgan fingerprint density at radius 3 is 2.33 bits per heavy atom. The van der Waals surface area contributed by atoms with Crippen LogP contribution in [0.1, 0.15) is 13.8 Å². The predicted molar refractivity (Wildman–Crippen MR) is 41.8 cm³/mol. The molecule has 12 heavy (non-hydrogen) atoms. The van der Waals surface area contributed by atoms with Crippen LogP contribution in [0.2, 0.25) is 0 Å². The van der Waals surface area contributed by atoms with Gasteiger partial charge < -0.3 is 9.57 Å². The Hall–Kier alpha value is -1.39. The topological polar surface area (TPSA) is 65.0 Å². The quantitative estimate of drug-likeness (QED) is 0.262. The maximum atomic E-state index is 10.9. The van der Waals surface area contributed by atoms with Crippen LogP contribution in [-0.2, 0) is 19.2 Å². The van der Waals surface area contributed by atoms with Gasteiger partial charge in [0.25, 0.3) is 0 Å². The number of rotatable bonds is 4. The molecule has 0 spiro atoms. The molecule has 0 unspecified atom stereocenters. The summed E-state index contributed by atoms with van der Waals surface area (Å²) in [5.74, 6) is -1.23. The molecule has 0 N–H and O–H groups in total. The van der Waals surface area contributed by atoms with Crippen molar-refractivity contribution in [3.05, 3.63) is 0 Å². The Morgan fingerprint density at radius 2 is 2.00 bits per heavy atom. The first kappa shape index (κ1) is 10.6. The fraction of sp³-hybridized carbons (Fsp3) is 0.571. The molecule has 0 aliphatic rings. The molecule has 0 aliphatic heterocycles. The van der Waals surface area contributed by atoms with Crippen LogP contribution in [0.4, 0.5) is 0 Å². The summed E-state index contributed by atoms with van der Waals surface area (Å²) in [6.45, 7) is 3.06. The molecule has 0 amide bonds. The van der Waals surface area contributed by atoms with Gasteiger partial charge in [-0.3, -0.25) is 4.79 Å². The van der Waals surface area contributed by atoms with Gasteiger partial charge in [-0.1, -0.05) is 5.16 Å². The third kappa shape index (κ3) is 3.14. The molecule has 0 saturated heterocycles. The molecule has 0 aromatic heterocycles. The largest absolute Gasteiger partial charge is 0.461 e. The lowest BCUT2D eigenvalue weighted by atomic mass is 10.3.